The van der Waals surface area contributed by atoms with E-state index in [1.165, 1.54) is 0 Å². The Bertz CT molecular complexity index is 469. The summed E-state index contributed by atoms with van der Waals surface area (Å²) in [5.41, 5.74) is 5.50. The molecule has 0 aromatic heterocycles. The van der Waals surface area contributed by atoms with E-state index in [-0.39, 0.29) is 17.9 Å². The number of carbonyl (C=O) groups is 2. The number of primary amides is 1. The van der Waals surface area contributed by atoms with Gasteiger partial charge in [-0.25, -0.2) is 0 Å². The molecule has 122 valence electrons. The lowest BCUT2D eigenvalue weighted by Crippen LogP contribution is -2.51. The molecule has 3 aliphatic heterocycles. The maximum absolute atomic E-state index is 12.4. The van der Waals surface area contributed by atoms with Gasteiger partial charge in [0.1, 0.15) is 0 Å². The Morgan fingerprint density at radius 1 is 1.14 bits per heavy atom. The van der Waals surface area contributed by atoms with Crippen LogP contribution in [-0.2, 0) is 14.3 Å². The van der Waals surface area contributed by atoms with Crippen molar-refractivity contribution in [3.05, 3.63) is 11.8 Å². The third kappa shape index (κ3) is 3.11. The maximum atomic E-state index is 12.4. The van der Waals surface area contributed by atoms with Crippen molar-refractivity contribution in [2.24, 2.45) is 5.73 Å². The smallest absolute Gasteiger partial charge is 0.288 e. The van der Waals surface area contributed by atoms with Gasteiger partial charge in [0.25, 0.3) is 5.91 Å². The molecular formula is C16H25N3O3. The van der Waals surface area contributed by atoms with E-state index in [0.717, 1.165) is 58.2 Å². The molecule has 0 radical (unpaired) electrons. The number of hydrogen-bond acceptors (Lipinski definition) is 4. The van der Waals surface area contributed by atoms with Gasteiger partial charge in [-0.2, -0.15) is 0 Å². The second kappa shape index (κ2) is 6.69. The van der Waals surface area contributed by atoms with Crippen LogP contribution >= 0.6 is 0 Å². The fourth-order valence-corrected chi connectivity index (χ4v) is 3.79. The Morgan fingerprint density at radius 3 is 2.55 bits per heavy atom. The van der Waals surface area contributed by atoms with E-state index >= 15 is 0 Å². The Hall–Kier alpha value is -1.56. The molecule has 6 nitrogen and oxygen atoms in total. The molecule has 3 aliphatic rings. The van der Waals surface area contributed by atoms with Gasteiger partial charge in [0, 0.05) is 19.1 Å². The molecular weight excluding hydrogens is 282 g/mol. The van der Waals surface area contributed by atoms with Crippen LogP contribution in [0.5, 0.6) is 0 Å². The SMILES string of the molecule is NC(=O)C1CCCN1C1CCN(C(=O)C2=CCCCO2)CC1. The first kappa shape index (κ1) is 15.3. The monoisotopic (exact) mass is 307 g/mol. The number of ether oxygens (including phenoxy) is 1. The number of nitrogens with two attached hydrogens (primary N) is 1. The number of allylic oxidation sites excluding steroid dienone is 1. The Balaban J connectivity index is 1.55. The molecule has 6 heteroatoms. The minimum Gasteiger partial charge on any atom is -0.488 e. The van der Waals surface area contributed by atoms with Gasteiger partial charge in [-0.3, -0.25) is 14.5 Å². The molecule has 2 amide bonds. The molecule has 0 aromatic rings. The second-order valence-electron chi connectivity index (χ2n) is 6.38. The van der Waals surface area contributed by atoms with Crippen LogP contribution in [0.25, 0.3) is 0 Å². The molecule has 0 aromatic carbocycles. The van der Waals surface area contributed by atoms with Crippen LogP contribution < -0.4 is 5.73 Å². The zero-order chi connectivity index (χ0) is 15.5. The molecule has 3 rings (SSSR count). The summed E-state index contributed by atoms with van der Waals surface area (Å²) in [4.78, 5) is 28.1. The van der Waals surface area contributed by atoms with Crippen molar-refractivity contribution in [3.63, 3.8) is 0 Å². The van der Waals surface area contributed by atoms with Crippen molar-refractivity contribution in [2.45, 2.75) is 50.6 Å². The Morgan fingerprint density at radius 2 is 1.91 bits per heavy atom. The third-order valence-corrected chi connectivity index (χ3v) is 4.99. The van der Waals surface area contributed by atoms with E-state index in [2.05, 4.69) is 4.90 Å². The Kier molecular flexibility index (Phi) is 4.66. The third-order valence-electron chi connectivity index (χ3n) is 4.99. The zero-order valence-electron chi connectivity index (χ0n) is 13.0. The van der Waals surface area contributed by atoms with Crippen LogP contribution in [-0.4, -0.2) is 59.9 Å². The van der Waals surface area contributed by atoms with Gasteiger partial charge >= 0.3 is 0 Å². The molecule has 1 unspecified atom stereocenters. The molecule has 0 spiro atoms. The minimum atomic E-state index is -0.211. The van der Waals surface area contributed by atoms with Gasteiger partial charge < -0.3 is 15.4 Å². The highest BCUT2D eigenvalue weighted by Crippen LogP contribution is 2.26. The highest BCUT2D eigenvalue weighted by Gasteiger charge is 2.36. The molecule has 0 bridgehead atoms. The van der Waals surface area contributed by atoms with Crippen molar-refractivity contribution >= 4 is 11.8 Å². The quantitative estimate of drug-likeness (QED) is 0.829. The standard InChI is InChI=1S/C16H25N3O3/c17-15(20)13-4-3-8-19(13)12-6-9-18(10-7-12)16(21)14-5-1-2-11-22-14/h5,12-13H,1-4,6-11H2,(H2,17,20). The number of amides is 2. The number of piperidine rings is 1. The van der Waals surface area contributed by atoms with E-state index in [1.807, 2.05) is 11.0 Å². The Labute approximate surface area is 131 Å². The van der Waals surface area contributed by atoms with E-state index in [0.29, 0.717) is 18.4 Å². The van der Waals surface area contributed by atoms with Crippen LogP contribution in [0, 0.1) is 0 Å². The largest absolute Gasteiger partial charge is 0.488 e. The summed E-state index contributed by atoms with van der Waals surface area (Å²) in [7, 11) is 0. The maximum Gasteiger partial charge on any atom is 0.288 e. The first-order valence-electron chi connectivity index (χ1n) is 8.34. The van der Waals surface area contributed by atoms with Gasteiger partial charge in [0.15, 0.2) is 5.76 Å². The lowest BCUT2D eigenvalue weighted by Gasteiger charge is -2.38. The van der Waals surface area contributed by atoms with E-state index in [1.54, 1.807) is 0 Å². The molecule has 2 N–H and O–H groups in total. The van der Waals surface area contributed by atoms with Gasteiger partial charge in [-0.1, -0.05) is 0 Å². The molecule has 3 heterocycles. The van der Waals surface area contributed by atoms with E-state index in [9.17, 15) is 9.59 Å². The normalized spacial score (nSPS) is 27.4. The van der Waals surface area contributed by atoms with Crippen molar-refractivity contribution < 1.29 is 14.3 Å². The van der Waals surface area contributed by atoms with E-state index < -0.39 is 0 Å². The molecule has 2 fully saturated rings. The van der Waals surface area contributed by atoms with Crippen LogP contribution in [0.3, 0.4) is 0 Å². The lowest BCUT2D eigenvalue weighted by atomic mass is 10.0. The first-order valence-corrected chi connectivity index (χ1v) is 8.34. The number of hydrogen-bond donors (Lipinski definition) is 1. The van der Waals surface area contributed by atoms with Gasteiger partial charge in [-0.15, -0.1) is 0 Å². The summed E-state index contributed by atoms with van der Waals surface area (Å²) < 4.78 is 5.47. The molecule has 22 heavy (non-hydrogen) atoms. The number of nitrogens with zero attached hydrogens (tertiary/aromatic N) is 2. The highest BCUT2D eigenvalue weighted by molar-refractivity contribution is 5.91. The average Bonchev–Trinajstić information content (AvgIpc) is 3.05. The second-order valence-corrected chi connectivity index (χ2v) is 6.38. The van der Waals surface area contributed by atoms with Crippen molar-refractivity contribution in [1.29, 1.82) is 0 Å². The number of carbonyl (C=O) groups excluding carboxylic acids is 2. The summed E-state index contributed by atoms with van der Waals surface area (Å²) in [5.74, 6) is 0.323. The zero-order valence-corrected chi connectivity index (χ0v) is 13.0. The highest BCUT2D eigenvalue weighted by atomic mass is 16.5. The van der Waals surface area contributed by atoms with Crippen molar-refractivity contribution in [1.82, 2.24) is 9.80 Å². The molecule has 1 atom stereocenters. The fourth-order valence-electron chi connectivity index (χ4n) is 3.79. The fraction of sp³-hybridized carbons (Fsp3) is 0.750. The minimum absolute atomic E-state index is 0.0195. The van der Waals surface area contributed by atoms with Crippen LogP contribution in [0.4, 0.5) is 0 Å². The molecule has 2 saturated heterocycles. The van der Waals surface area contributed by atoms with Crippen LogP contribution in [0.2, 0.25) is 0 Å². The predicted octanol–water partition coefficient (Wildman–Crippen LogP) is 0.621. The van der Waals surface area contributed by atoms with Gasteiger partial charge in [-0.05, 0) is 51.1 Å². The first-order chi connectivity index (χ1) is 10.7. The topological polar surface area (TPSA) is 75.9 Å². The summed E-state index contributed by atoms with van der Waals surface area (Å²) in [6.07, 6.45) is 7.53. The summed E-state index contributed by atoms with van der Waals surface area (Å²) in [6, 6.07) is 0.252. The van der Waals surface area contributed by atoms with Gasteiger partial charge in [0.05, 0.1) is 12.6 Å². The van der Waals surface area contributed by atoms with Gasteiger partial charge in [0.2, 0.25) is 5.91 Å². The number of likely N-dealkylation sites (tertiary alicyclic amines) is 2. The summed E-state index contributed by atoms with van der Waals surface area (Å²) in [5, 5.41) is 0. The summed E-state index contributed by atoms with van der Waals surface area (Å²) >= 11 is 0. The molecule has 0 aliphatic carbocycles. The van der Waals surface area contributed by atoms with Crippen molar-refractivity contribution in [2.75, 3.05) is 26.2 Å². The predicted molar refractivity (Wildman–Crippen MR) is 81.8 cm³/mol. The molecule has 0 saturated carbocycles. The van der Waals surface area contributed by atoms with Crippen LogP contribution in [0.1, 0.15) is 38.5 Å². The average molecular weight is 307 g/mol. The summed E-state index contributed by atoms with van der Waals surface area (Å²) in [6.45, 7) is 3.04. The lowest BCUT2D eigenvalue weighted by molar-refractivity contribution is -0.133. The van der Waals surface area contributed by atoms with Crippen LogP contribution in [0.15, 0.2) is 11.8 Å². The van der Waals surface area contributed by atoms with E-state index in [4.69, 9.17) is 10.5 Å². The van der Waals surface area contributed by atoms with Crippen molar-refractivity contribution in [3.8, 4) is 0 Å². The number of rotatable bonds is 3.